The van der Waals surface area contributed by atoms with E-state index < -0.39 is 23.4 Å². The van der Waals surface area contributed by atoms with Crippen LogP contribution >= 0.6 is 90.4 Å². The first-order valence-electron chi connectivity index (χ1n) is 5.83. The smallest absolute Gasteiger partial charge is 0.871 e. The Morgan fingerprint density at radius 3 is 1.24 bits per heavy atom. The van der Waals surface area contributed by atoms with Gasteiger partial charge in [0.15, 0.2) is 0 Å². The van der Waals surface area contributed by atoms with Gasteiger partial charge in [-0.1, -0.05) is 11.5 Å². The van der Waals surface area contributed by atoms with Crippen molar-refractivity contribution in [3.63, 3.8) is 0 Å². The quantitative estimate of drug-likeness (QED) is 0.354. The molecule has 11 heteroatoms. The summed E-state index contributed by atoms with van der Waals surface area (Å²) in [7, 11) is 0. The Kier molecular flexibility index (Phi) is 11.5. The van der Waals surface area contributed by atoms with E-state index in [1.165, 1.54) is 12.1 Å². The molecule has 1 radical (unpaired) electrons. The number of carboxylic acid groups (broad SMARTS) is 2. The number of rotatable bonds is 2. The van der Waals surface area contributed by atoms with Crippen molar-refractivity contribution in [3.05, 3.63) is 49.7 Å². The zero-order valence-electron chi connectivity index (χ0n) is 11.7. The predicted octanol–water partition coefficient (Wildman–Crippen LogP) is 3.33. The molecule has 2 aromatic rings. The molecule has 2 N–H and O–H groups in total. The SMILES string of the molecule is O=C(O)c1cc(I)cc(I)c1[O-].O=C(O)c1cc(I)cc(I)c1[O-].[Mn+2]. The molecule has 0 saturated carbocycles. The van der Waals surface area contributed by atoms with Crippen LogP contribution in [0.1, 0.15) is 20.7 Å². The van der Waals surface area contributed by atoms with Gasteiger partial charge >= 0.3 is 29.0 Å². The molecule has 0 aliphatic carbocycles. The second-order valence-electron chi connectivity index (χ2n) is 4.14. The summed E-state index contributed by atoms with van der Waals surface area (Å²) in [6, 6.07) is 6.03. The van der Waals surface area contributed by atoms with Crippen LogP contribution in [0.15, 0.2) is 24.3 Å². The molecule has 2 aromatic carbocycles. The van der Waals surface area contributed by atoms with E-state index in [1.54, 1.807) is 12.1 Å². The molecule has 0 amide bonds. The Hall–Kier alpha value is 0.419. The van der Waals surface area contributed by atoms with E-state index >= 15 is 0 Å². The molecule has 0 spiro atoms. The number of benzene rings is 2. The molecule has 0 atom stereocenters. The van der Waals surface area contributed by atoms with Gasteiger partial charge in [0.05, 0.1) is 11.1 Å². The van der Waals surface area contributed by atoms with E-state index in [9.17, 15) is 19.8 Å². The summed E-state index contributed by atoms with van der Waals surface area (Å²) in [4.78, 5) is 21.0. The number of aromatic carboxylic acids is 2. The van der Waals surface area contributed by atoms with Gasteiger partial charge in [-0.2, -0.15) is 0 Å². The summed E-state index contributed by atoms with van der Waals surface area (Å²) in [5.41, 5.74) is -0.322. The molecule has 0 bridgehead atoms. The molecule has 0 aliphatic heterocycles. The number of hydrogen-bond acceptors (Lipinski definition) is 4. The number of hydrogen-bond donors (Lipinski definition) is 2. The third kappa shape index (κ3) is 7.51. The van der Waals surface area contributed by atoms with Gasteiger partial charge in [-0.25, -0.2) is 9.59 Å². The molecule has 0 heterocycles. The van der Waals surface area contributed by atoms with Gasteiger partial charge in [0.25, 0.3) is 0 Å². The zero-order chi connectivity index (χ0) is 18.6. The summed E-state index contributed by atoms with van der Waals surface area (Å²) >= 11 is 7.60. The minimum Gasteiger partial charge on any atom is -0.871 e. The second kappa shape index (κ2) is 11.3. The average Bonchev–Trinajstić information content (AvgIpc) is 2.46. The van der Waals surface area contributed by atoms with E-state index in [4.69, 9.17) is 10.2 Å². The van der Waals surface area contributed by atoms with Crippen molar-refractivity contribution in [3.8, 4) is 11.5 Å². The third-order valence-corrected chi connectivity index (χ3v) is 5.33. The van der Waals surface area contributed by atoms with E-state index in [0.717, 1.165) is 7.14 Å². The second-order valence-corrected chi connectivity index (χ2v) is 8.95. The van der Waals surface area contributed by atoms with Crippen LogP contribution < -0.4 is 10.2 Å². The van der Waals surface area contributed by atoms with Crippen molar-refractivity contribution >= 4 is 102 Å². The summed E-state index contributed by atoms with van der Waals surface area (Å²) in [5, 5.41) is 39.6. The topological polar surface area (TPSA) is 121 Å². The van der Waals surface area contributed by atoms with Crippen molar-refractivity contribution in [1.29, 1.82) is 0 Å². The van der Waals surface area contributed by atoms with Crippen molar-refractivity contribution in [2.75, 3.05) is 0 Å². The Morgan fingerprint density at radius 1 is 0.720 bits per heavy atom. The van der Waals surface area contributed by atoms with Crippen LogP contribution in [0.4, 0.5) is 0 Å². The number of carboxylic acids is 2. The van der Waals surface area contributed by atoms with Gasteiger partial charge in [0.2, 0.25) is 0 Å². The van der Waals surface area contributed by atoms with Crippen LogP contribution in [0.5, 0.6) is 11.5 Å². The van der Waals surface area contributed by atoms with Crippen molar-refractivity contribution in [2.24, 2.45) is 0 Å². The first-order chi connectivity index (χ1) is 11.0. The maximum Gasteiger partial charge on any atom is 2.00 e. The monoisotopic (exact) mass is 833 g/mol. The Labute approximate surface area is 207 Å². The van der Waals surface area contributed by atoms with Gasteiger partial charge in [0, 0.05) is 14.3 Å². The van der Waals surface area contributed by atoms with Crippen molar-refractivity contribution < 1.29 is 47.1 Å². The summed E-state index contributed by atoms with van der Waals surface area (Å²) in [6.45, 7) is 0. The fourth-order valence-electron chi connectivity index (χ4n) is 1.44. The number of halogens is 4. The molecule has 6 nitrogen and oxygen atoms in total. The van der Waals surface area contributed by atoms with Crippen LogP contribution in [-0.4, -0.2) is 22.2 Å². The minimum atomic E-state index is -1.17. The number of carbonyl (C=O) groups is 2. The largest absolute Gasteiger partial charge is 2.00 e. The maximum absolute atomic E-state index is 11.2. The molecule has 0 fully saturated rings. The van der Waals surface area contributed by atoms with Crippen LogP contribution in [0.3, 0.4) is 0 Å². The van der Waals surface area contributed by atoms with Crippen LogP contribution in [0.2, 0.25) is 0 Å². The van der Waals surface area contributed by atoms with E-state index in [2.05, 4.69) is 0 Å². The molecule has 0 aromatic heterocycles. The standard InChI is InChI=1S/2C7H4I2O3.Mn/c2*8-3-1-4(7(11)12)6(10)5(9)2-3;/h2*1-2,10H,(H,11,12);/q;;+2/p-2. The Bertz CT molecular complexity index is 745. The minimum absolute atomic E-state index is 0. The molecular formula is C14H6I4MnO6. The maximum atomic E-state index is 11.2. The van der Waals surface area contributed by atoms with Crippen LogP contribution in [0.25, 0.3) is 0 Å². The fraction of sp³-hybridized carbons (Fsp3) is 0. The molecule has 0 aliphatic rings. The van der Waals surface area contributed by atoms with Crippen molar-refractivity contribution in [2.45, 2.75) is 0 Å². The summed E-state index contributed by atoms with van der Waals surface area (Å²) < 4.78 is 2.40. The average molecular weight is 833 g/mol. The Morgan fingerprint density at radius 2 is 1.00 bits per heavy atom. The van der Waals surface area contributed by atoms with Gasteiger partial charge in [-0.3, -0.25) is 0 Å². The van der Waals surface area contributed by atoms with Gasteiger partial charge < -0.3 is 20.4 Å². The molecular weight excluding hydrogens is 827 g/mol. The van der Waals surface area contributed by atoms with E-state index in [1.807, 2.05) is 90.4 Å². The van der Waals surface area contributed by atoms with Crippen LogP contribution in [0, 0.1) is 14.3 Å². The van der Waals surface area contributed by atoms with E-state index in [-0.39, 0.29) is 28.2 Å². The van der Waals surface area contributed by atoms with Gasteiger partial charge in [-0.05, 0) is 115 Å². The summed E-state index contributed by atoms with van der Waals surface area (Å²) in [5.74, 6) is -3.17. The molecule has 0 saturated heterocycles. The van der Waals surface area contributed by atoms with Crippen LogP contribution in [-0.2, 0) is 17.1 Å². The Balaban J connectivity index is 0.000000443. The van der Waals surface area contributed by atoms with Gasteiger partial charge in [0.1, 0.15) is 0 Å². The van der Waals surface area contributed by atoms with E-state index in [0.29, 0.717) is 7.14 Å². The normalized spacial score (nSPS) is 9.44. The predicted molar refractivity (Wildman–Crippen MR) is 117 cm³/mol. The molecule has 0 unspecified atom stereocenters. The first kappa shape index (κ1) is 25.4. The van der Waals surface area contributed by atoms with Gasteiger partial charge in [-0.15, -0.1) is 0 Å². The third-order valence-electron chi connectivity index (χ3n) is 2.48. The zero-order valence-corrected chi connectivity index (χ0v) is 21.5. The summed E-state index contributed by atoms with van der Waals surface area (Å²) in [6.07, 6.45) is 0. The molecule has 133 valence electrons. The fourth-order valence-corrected chi connectivity index (χ4v) is 5.13. The molecule has 25 heavy (non-hydrogen) atoms. The molecule has 2 rings (SSSR count). The van der Waals surface area contributed by atoms with Crippen molar-refractivity contribution in [1.82, 2.24) is 0 Å². The first-order valence-corrected chi connectivity index (χ1v) is 10.1.